The summed E-state index contributed by atoms with van der Waals surface area (Å²) in [5, 5.41) is 0.723. The van der Waals surface area contributed by atoms with Gasteiger partial charge in [0.1, 0.15) is 5.75 Å². The molecule has 0 saturated carbocycles. The van der Waals surface area contributed by atoms with Crippen LogP contribution < -0.4 is 10.5 Å². The molecule has 0 spiro atoms. The largest absolute Gasteiger partial charge is 0.491 e. The van der Waals surface area contributed by atoms with Gasteiger partial charge in [-0.05, 0) is 43.2 Å². The van der Waals surface area contributed by atoms with Crippen molar-refractivity contribution in [2.45, 2.75) is 26.5 Å². The number of nitrogens with two attached hydrogens (primary N) is 1. The fourth-order valence-corrected chi connectivity index (χ4v) is 2.22. The van der Waals surface area contributed by atoms with Gasteiger partial charge in [0.25, 0.3) is 0 Å². The normalized spacial score (nSPS) is 10.8. The molecule has 2 N–H and O–H groups in total. The van der Waals surface area contributed by atoms with Crippen LogP contribution in [-0.4, -0.2) is 6.10 Å². The first kappa shape index (κ1) is 13.9. The quantitative estimate of drug-likeness (QED) is 0.905. The summed E-state index contributed by atoms with van der Waals surface area (Å²) in [6, 6.07) is 13.9. The highest BCUT2D eigenvalue weighted by Crippen LogP contribution is 2.30. The molecule has 0 heterocycles. The molecule has 0 aromatic heterocycles. The van der Waals surface area contributed by atoms with Crippen LogP contribution in [0.1, 0.15) is 19.4 Å². The van der Waals surface area contributed by atoms with Gasteiger partial charge < -0.3 is 10.5 Å². The third-order valence-corrected chi connectivity index (χ3v) is 3.12. The Labute approximate surface area is 119 Å². The summed E-state index contributed by atoms with van der Waals surface area (Å²) in [5.74, 6) is 0.869. The lowest BCUT2D eigenvalue weighted by Gasteiger charge is -2.11. The Balaban J connectivity index is 2.27. The summed E-state index contributed by atoms with van der Waals surface area (Å²) in [6.07, 6.45) is 0.179. The average Bonchev–Trinajstić information content (AvgIpc) is 2.39. The van der Waals surface area contributed by atoms with E-state index in [-0.39, 0.29) is 6.10 Å². The van der Waals surface area contributed by atoms with Gasteiger partial charge in [-0.3, -0.25) is 0 Å². The minimum absolute atomic E-state index is 0.179. The molecule has 0 fully saturated rings. The minimum atomic E-state index is 0.179. The van der Waals surface area contributed by atoms with Gasteiger partial charge in [-0.1, -0.05) is 35.9 Å². The Hall–Kier alpha value is -1.51. The van der Waals surface area contributed by atoms with Crippen molar-refractivity contribution in [2.75, 3.05) is 0 Å². The minimum Gasteiger partial charge on any atom is -0.491 e. The van der Waals surface area contributed by atoms with Gasteiger partial charge in [0.05, 0.1) is 6.10 Å². The fraction of sp³-hybridized carbons (Fsp3) is 0.250. The molecule has 2 nitrogen and oxygen atoms in total. The maximum Gasteiger partial charge on any atom is 0.119 e. The van der Waals surface area contributed by atoms with Crippen molar-refractivity contribution < 1.29 is 4.74 Å². The van der Waals surface area contributed by atoms with Gasteiger partial charge in [0.2, 0.25) is 0 Å². The van der Waals surface area contributed by atoms with Crippen molar-refractivity contribution >= 4 is 11.6 Å². The number of rotatable bonds is 4. The molecule has 0 unspecified atom stereocenters. The van der Waals surface area contributed by atoms with Gasteiger partial charge in [-0.25, -0.2) is 0 Å². The topological polar surface area (TPSA) is 35.2 Å². The highest BCUT2D eigenvalue weighted by atomic mass is 35.5. The Morgan fingerprint density at radius 3 is 2.32 bits per heavy atom. The monoisotopic (exact) mass is 275 g/mol. The number of hydrogen-bond donors (Lipinski definition) is 1. The second-order valence-corrected chi connectivity index (χ2v) is 5.12. The number of halogens is 1. The van der Waals surface area contributed by atoms with Gasteiger partial charge in [0, 0.05) is 17.1 Å². The van der Waals surface area contributed by atoms with Crippen LogP contribution in [0.4, 0.5) is 0 Å². The van der Waals surface area contributed by atoms with Crippen molar-refractivity contribution in [3.8, 4) is 16.9 Å². The SMILES string of the molecule is CC(C)Oc1ccc(-c2ccc(CN)cc2Cl)cc1. The summed E-state index contributed by atoms with van der Waals surface area (Å²) in [6.45, 7) is 4.52. The molecule has 0 aliphatic carbocycles. The summed E-state index contributed by atoms with van der Waals surface area (Å²) in [7, 11) is 0. The lowest BCUT2D eigenvalue weighted by molar-refractivity contribution is 0.242. The van der Waals surface area contributed by atoms with E-state index in [4.69, 9.17) is 22.1 Å². The van der Waals surface area contributed by atoms with Crippen molar-refractivity contribution in [2.24, 2.45) is 5.73 Å². The standard InChI is InChI=1S/C16H18ClNO/c1-11(2)19-14-6-4-13(5-7-14)15-8-3-12(10-18)9-16(15)17/h3-9,11H,10,18H2,1-2H3. The Bertz CT molecular complexity index is 549. The Morgan fingerprint density at radius 2 is 1.79 bits per heavy atom. The summed E-state index contributed by atoms with van der Waals surface area (Å²) in [5.41, 5.74) is 8.72. The Kier molecular flexibility index (Phi) is 4.46. The third-order valence-electron chi connectivity index (χ3n) is 2.81. The van der Waals surface area contributed by atoms with E-state index < -0.39 is 0 Å². The first-order valence-electron chi connectivity index (χ1n) is 6.35. The molecule has 2 rings (SSSR count). The van der Waals surface area contributed by atoms with Crippen LogP contribution in [0.5, 0.6) is 5.75 Å². The maximum absolute atomic E-state index is 6.28. The molecule has 0 saturated heterocycles. The summed E-state index contributed by atoms with van der Waals surface area (Å²) >= 11 is 6.28. The van der Waals surface area contributed by atoms with Crippen LogP contribution in [0.2, 0.25) is 5.02 Å². The van der Waals surface area contributed by atoms with E-state index in [0.717, 1.165) is 27.5 Å². The maximum atomic E-state index is 6.28. The second kappa shape index (κ2) is 6.09. The van der Waals surface area contributed by atoms with Gasteiger partial charge in [-0.15, -0.1) is 0 Å². The van der Waals surface area contributed by atoms with Crippen LogP contribution in [0.3, 0.4) is 0 Å². The highest BCUT2D eigenvalue weighted by Gasteiger charge is 2.05. The predicted molar refractivity (Wildman–Crippen MR) is 80.5 cm³/mol. The van der Waals surface area contributed by atoms with E-state index >= 15 is 0 Å². The van der Waals surface area contributed by atoms with Crippen LogP contribution in [0.15, 0.2) is 42.5 Å². The van der Waals surface area contributed by atoms with E-state index in [9.17, 15) is 0 Å². The Morgan fingerprint density at radius 1 is 1.11 bits per heavy atom. The van der Waals surface area contributed by atoms with E-state index in [2.05, 4.69) is 0 Å². The fourth-order valence-electron chi connectivity index (χ4n) is 1.90. The third kappa shape index (κ3) is 3.49. The molecule has 0 aliphatic heterocycles. The lowest BCUT2D eigenvalue weighted by Crippen LogP contribution is -2.05. The predicted octanol–water partition coefficient (Wildman–Crippen LogP) is 4.25. The molecule has 0 radical (unpaired) electrons. The molecule has 0 bridgehead atoms. The molecular formula is C16H18ClNO. The van der Waals surface area contributed by atoms with Gasteiger partial charge >= 0.3 is 0 Å². The summed E-state index contributed by atoms with van der Waals surface area (Å²) < 4.78 is 5.62. The number of ether oxygens (including phenoxy) is 1. The molecule has 2 aromatic rings. The molecule has 0 aliphatic rings. The van der Waals surface area contributed by atoms with Gasteiger partial charge in [-0.2, -0.15) is 0 Å². The van der Waals surface area contributed by atoms with E-state index in [1.54, 1.807) is 0 Å². The van der Waals surface area contributed by atoms with E-state index in [1.807, 2.05) is 56.3 Å². The van der Waals surface area contributed by atoms with E-state index in [1.165, 1.54) is 0 Å². The van der Waals surface area contributed by atoms with Crippen LogP contribution in [0, 0.1) is 0 Å². The van der Waals surface area contributed by atoms with Crippen molar-refractivity contribution in [1.29, 1.82) is 0 Å². The van der Waals surface area contributed by atoms with Crippen LogP contribution in [-0.2, 0) is 6.54 Å². The molecule has 0 atom stereocenters. The molecule has 3 heteroatoms. The first-order valence-corrected chi connectivity index (χ1v) is 6.73. The lowest BCUT2D eigenvalue weighted by atomic mass is 10.0. The zero-order chi connectivity index (χ0) is 13.8. The van der Waals surface area contributed by atoms with Crippen molar-refractivity contribution in [1.82, 2.24) is 0 Å². The average molecular weight is 276 g/mol. The molecule has 0 amide bonds. The smallest absolute Gasteiger partial charge is 0.119 e. The van der Waals surface area contributed by atoms with Crippen LogP contribution in [0.25, 0.3) is 11.1 Å². The van der Waals surface area contributed by atoms with Crippen molar-refractivity contribution in [3.63, 3.8) is 0 Å². The van der Waals surface area contributed by atoms with Gasteiger partial charge in [0.15, 0.2) is 0 Å². The van der Waals surface area contributed by atoms with E-state index in [0.29, 0.717) is 6.54 Å². The highest BCUT2D eigenvalue weighted by molar-refractivity contribution is 6.33. The van der Waals surface area contributed by atoms with Crippen LogP contribution >= 0.6 is 11.6 Å². The summed E-state index contributed by atoms with van der Waals surface area (Å²) in [4.78, 5) is 0. The zero-order valence-electron chi connectivity index (χ0n) is 11.2. The molecule has 2 aromatic carbocycles. The number of benzene rings is 2. The second-order valence-electron chi connectivity index (χ2n) is 4.71. The molecular weight excluding hydrogens is 258 g/mol. The molecule has 19 heavy (non-hydrogen) atoms. The first-order chi connectivity index (χ1) is 9.10. The number of hydrogen-bond acceptors (Lipinski definition) is 2. The zero-order valence-corrected chi connectivity index (χ0v) is 11.9. The molecule has 100 valence electrons. The van der Waals surface area contributed by atoms with Crippen molar-refractivity contribution in [3.05, 3.63) is 53.1 Å².